The van der Waals surface area contributed by atoms with Crippen LogP contribution in [0.15, 0.2) is 103 Å². The average Bonchev–Trinajstić information content (AvgIpc) is 2.85. The zero-order valence-electron chi connectivity index (χ0n) is 18.6. The van der Waals surface area contributed by atoms with Gasteiger partial charge in [-0.15, -0.1) is 0 Å². The molecule has 0 saturated carbocycles. The highest BCUT2D eigenvalue weighted by Gasteiger charge is 2.13. The topological polar surface area (TPSA) is 6.48 Å². The van der Waals surface area contributed by atoms with Gasteiger partial charge in [0.05, 0.1) is 0 Å². The van der Waals surface area contributed by atoms with Gasteiger partial charge in [0, 0.05) is 42.8 Å². The van der Waals surface area contributed by atoms with Gasteiger partial charge in [-0.1, -0.05) is 72.8 Å². The van der Waals surface area contributed by atoms with Crippen molar-refractivity contribution < 1.29 is 0 Å². The first kappa shape index (κ1) is 20.7. The fourth-order valence-corrected chi connectivity index (χ4v) is 3.99. The Bertz CT molecular complexity index is 1100. The van der Waals surface area contributed by atoms with Gasteiger partial charge in [0.2, 0.25) is 0 Å². The van der Waals surface area contributed by atoms with Crippen molar-refractivity contribution in [1.82, 2.24) is 0 Å². The van der Waals surface area contributed by atoms with Crippen molar-refractivity contribution >= 4 is 17.1 Å². The van der Waals surface area contributed by atoms with E-state index in [-0.39, 0.29) is 0 Å². The van der Waals surface area contributed by atoms with Crippen molar-refractivity contribution in [2.45, 2.75) is 13.8 Å². The van der Waals surface area contributed by atoms with E-state index in [1.54, 1.807) is 0 Å². The molecule has 2 nitrogen and oxygen atoms in total. The monoisotopic (exact) mass is 406 g/mol. The number of hydrogen-bond acceptors (Lipinski definition) is 2. The van der Waals surface area contributed by atoms with Crippen molar-refractivity contribution in [2.75, 3.05) is 29.9 Å². The molecule has 4 rings (SSSR count). The fraction of sp³-hybridized carbons (Fsp3) is 0.172. The molecule has 4 aromatic carbocycles. The van der Waals surface area contributed by atoms with E-state index in [2.05, 4.69) is 134 Å². The molecule has 0 aliphatic rings. The maximum absolute atomic E-state index is 2.38. The number of benzene rings is 4. The molecule has 0 atom stereocenters. The Morgan fingerprint density at radius 1 is 0.516 bits per heavy atom. The minimum absolute atomic E-state index is 0.904. The van der Waals surface area contributed by atoms with Crippen molar-refractivity contribution in [3.8, 4) is 22.3 Å². The first-order chi connectivity index (χ1) is 15.2. The van der Waals surface area contributed by atoms with Gasteiger partial charge < -0.3 is 9.80 Å². The van der Waals surface area contributed by atoms with Gasteiger partial charge >= 0.3 is 0 Å². The van der Waals surface area contributed by atoms with Crippen molar-refractivity contribution in [3.63, 3.8) is 0 Å². The first-order valence-corrected chi connectivity index (χ1v) is 11.0. The summed E-state index contributed by atoms with van der Waals surface area (Å²) in [7, 11) is 2.12. The molecule has 0 heterocycles. The van der Waals surface area contributed by atoms with Crippen LogP contribution < -0.4 is 9.80 Å². The van der Waals surface area contributed by atoms with Crippen LogP contribution in [-0.4, -0.2) is 20.1 Å². The summed E-state index contributed by atoms with van der Waals surface area (Å²) in [5.41, 5.74) is 8.66. The minimum Gasteiger partial charge on any atom is -0.375 e. The summed E-state index contributed by atoms with van der Waals surface area (Å²) in [6.45, 7) is 6.29. The largest absolute Gasteiger partial charge is 0.375 e. The first-order valence-electron chi connectivity index (χ1n) is 11.0. The highest BCUT2D eigenvalue weighted by Crippen LogP contribution is 2.35. The molecule has 31 heavy (non-hydrogen) atoms. The number of para-hydroxylation sites is 1. The highest BCUT2D eigenvalue weighted by atomic mass is 15.1. The molecule has 0 bridgehead atoms. The van der Waals surface area contributed by atoms with Gasteiger partial charge in [-0.2, -0.15) is 0 Å². The lowest BCUT2D eigenvalue weighted by molar-refractivity contribution is 0.968. The average molecular weight is 407 g/mol. The molecule has 156 valence electrons. The van der Waals surface area contributed by atoms with Crippen LogP contribution in [0.5, 0.6) is 0 Å². The van der Waals surface area contributed by atoms with Crippen molar-refractivity contribution in [1.29, 1.82) is 0 Å². The zero-order valence-corrected chi connectivity index (χ0v) is 18.6. The van der Waals surface area contributed by atoms with Crippen LogP contribution in [0.4, 0.5) is 17.1 Å². The summed E-state index contributed by atoms with van der Waals surface area (Å²) in [5.74, 6) is 0. The van der Waals surface area contributed by atoms with Crippen LogP contribution in [0.2, 0.25) is 0 Å². The summed E-state index contributed by atoms with van der Waals surface area (Å²) in [6, 6.07) is 37.0. The van der Waals surface area contributed by atoms with Gasteiger partial charge in [-0.05, 0) is 60.9 Å². The molecule has 0 aromatic heterocycles. The summed E-state index contributed by atoms with van der Waals surface area (Å²) < 4.78 is 0. The number of rotatable bonds is 7. The third kappa shape index (κ3) is 4.49. The van der Waals surface area contributed by atoms with Gasteiger partial charge in [0.25, 0.3) is 0 Å². The minimum atomic E-state index is 0.904. The van der Waals surface area contributed by atoms with E-state index in [0.29, 0.717) is 0 Å². The maximum atomic E-state index is 2.38. The van der Waals surface area contributed by atoms with Gasteiger partial charge in [0.15, 0.2) is 0 Å². The highest BCUT2D eigenvalue weighted by molar-refractivity contribution is 5.83. The molecule has 0 amide bonds. The second-order valence-corrected chi connectivity index (χ2v) is 7.74. The van der Waals surface area contributed by atoms with Crippen LogP contribution >= 0.6 is 0 Å². The van der Waals surface area contributed by atoms with Crippen LogP contribution in [0, 0.1) is 0 Å². The summed E-state index contributed by atoms with van der Waals surface area (Å²) in [5, 5.41) is 0. The Labute approximate surface area is 186 Å². The molecule has 4 aromatic rings. The number of nitrogens with zero attached hydrogens (tertiary/aromatic N) is 2. The summed E-state index contributed by atoms with van der Waals surface area (Å²) in [6.07, 6.45) is 0. The predicted octanol–water partition coefficient (Wildman–Crippen LogP) is 7.63. The lowest BCUT2D eigenvalue weighted by Gasteiger charge is -2.26. The van der Waals surface area contributed by atoms with E-state index in [4.69, 9.17) is 0 Å². The molecule has 0 radical (unpaired) electrons. The standard InChI is InChI=1S/C29H30N2/c1-4-30(3)26-19-15-23(16-20-26)24-17-21-27(22-18-24)31(5-2)29-14-10-9-13-28(29)25-11-7-6-8-12-25/h6-22H,4-5H2,1-3H3. The predicted molar refractivity (Wildman–Crippen MR) is 135 cm³/mol. The quantitative estimate of drug-likeness (QED) is 0.311. The molecule has 0 spiro atoms. The third-order valence-corrected chi connectivity index (χ3v) is 5.89. The molecular weight excluding hydrogens is 376 g/mol. The zero-order chi connectivity index (χ0) is 21.6. The van der Waals surface area contributed by atoms with Gasteiger partial charge in [-0.3, -0.25) is 0 Å². The fourth-order valence-electron chi connectivity index (χ4n) is 3.99. The maximum Gasteiger partial charge on any atom is 0.0490 e. The van der Waals surface area contributed by atoms with Crippen LogP contribution in [0.25, 0.3) is 22.3 Å². The molecular formula is C29H30N2. The van der Waals surface area contributed by atoms with E-state index in [9.17, 15) is 0 Å². The van der Waals surface area contributed by atoms with Gasteiger partial charge in [-0.25, -0.2) is 0 Å². The molecule has 0 saturated heterocycles. The lowest BCUT2D eigenvalue weighted by atomic mass is 10.0. The third-order valence-electron chi connectivity index (χ3n) is 5.89. The Kier molecular flexibility index (Phi) is 6.37. The SMILES string of the molecule is CCN(C)c1ccc(-c2ccc(N(CC)c3ccccc3-c3ccccc3)cc2)cc1. The molecule has 2 heteroatoms. The summed E-state index contributed by atoms with van der Waals surface area (Å²) in [4.78, 5) is 4.63. The van der Waals surface area contributed by atoms with Crippen molar-refractivity contribution in [3.05, 3.63) is 103 Å². The van der Waals surface area contributed by atoms with Crippen LogP contribution in [-0.2, 0) is 0 Å². The van der Waals surface area contributed by atoms with Crippen molar-refractivity contribution in [2.24, 2.45) is 0 Å². The second-order valence-electron chi connectivity index (χ2n) is 7.74. The Balaban J connectivity index is 1.63. The number of anilines is 3. The van der Waals surface area contributed by atoms with Crippen LogP contribution in [0.3, 0.4) is 0 Å². The van der Waals surface area contributed by atoms with E-state index < -0.39 is 0 Å². The Hall–Kier alpha value is -3.52. The molecule has 0 unspecified atom stereocenters. The number of hydrogen-bond donors (Lipinski definition) is 0. The molecule has 0 aliphatic carbocycles. The Morgan fingerprint density at radius 2 is 1.06 bits per heavy atom. The molecule has 0 fully saturated rings. The van der Waals surface area contributed by atoms with Crippen LogP contribution in [0.1, 0.15) is 13.8 Å². The van der Waals surface area contributed by atoms with E-state index in [1.165, 1.54) is 39.3 Å². The van der Waals surface area contributed by atoms with E-state index >= 15 is 0 Å². The Morgan fingerprint density at radius 3 is 1.65 bits per heavy atom. The van der Waals surface area contributed by atoms with Gasteiger partial charge in [0.1, 0.15) is 0 Å². The summed E-state index contributed by atoms with van der Waals surface area (Å²) >= 11 is 0. The van der Waals surface area contributed by atoms with E-state index in [0.717, 1.165) is 13.1 Å². The molecule has 0 aliphatic heterocycles. The lowest BCUT2D eigenvalue weighted by Crippen LogP contribution is -2.16. The second kappa shape index (κ2) is 9.53. The smallest absolute Gasteiger partial charge is 0.0490 e. The molecule has 0 N–H and O–H groups in total. The van der Waals surface area contributed by atoms with E-state index in [1.807, 2.05) is 0 Å². The normalized spacial score (nSPS) is 10.7.